The molecule has 0 saturated carbocycles. The Hall–Kier alpha value is -2.57. The molecule has 27 nitrogen and oxygen atoms in total. The SMILES string of the molecule is COCCOCCOCCOCCOCCOCCOCCOCCOCCOCCOCCOCCOCCOCCOCCOCCOCCOCCOCCOCCOCCOCCOCCOCCOCCOc1ccc2ncccc2c1. The summed E-state index contributed by atoms with van der Waals surface area (Å²) in [6.07, 6.45) is 1.78. The first-order chi connectivity index (χ1) is 43.4. The summed E-state index contributed by atoms with van der Waals surface area (Å²) < 4.78 is 143. The summed E-state index contributed by atoms with van der Waals surface area (Å²) >= 11 is 0. The number of fused-ring (bicyclic) bond motifs is 1. The highest BCUT2D eigenvalue weighted by Crippen LogP contribution is 2.18. The molecule has 510 valence electrons. The van der Waals surface area contributed by atoms with Gasteiger partial charge in [0.25, 0.3) is 0 Å². The van der Waals surface area contributed by atoms with Gasteiger partial charge in [0, 0.05) is 18.7 Å². The van der Waals surface area contributed by atoms with E-state index in [2.05, 4.69) is 4.98 Å². The fourth-order valence-electron chi connectivity index (χ4n) is 6.66. The Morgan fingerprint density at radius 1 is 0.218 bits per heavy atom. The molecule has 0 aliphatic carbocycles. The van der Waals surface area contributed by atoms with Gasteiger partial charge in [-0.2, -0.15) is 0 Å². The summed E-state index contributed by atoms with van der Waals surface area (Å²) in [6.45, 7) is 24.8. The van der Waals surface area contributed by atoms with Gasteiger partial charge in [-0.15, -0.1) is 0 Å². The highest BCUT2D eigenvalue weighted by Gasteiger charge is 2.02. The maximum atomic E-state index is 5.75. The van der Waals surface area contributed by atoms with E-state index in [1.54, 1.807) is 13.3 Å². The monoisotopic (exact) mass is 1260 g/mol. The molecule has 1 aromatic carbocycles. The van der Waals surface area contributed by atoms with E-state index in [1.807, 2.05) is 30.3 Å². The fraction of sp³-hybridized carbons (Fsp3) is 0.850. The first kappa shape index (κ1) is 80.5. The maximum Gasteiger partial charge on any atom is 0.120 e. The number of methoxy groups -OCH3 is 1. The van der Waals surface area contributed by atoms with E-state index in [4.69, 9.17) is 123 Å². The average Bonchev–Trinajstić information content (AvgIpc) is 3.71. The van der Waals surface area contributed by atoms with Gasteiger partial charge < -0.3 is 123 Å². The standard InChI is InChI=1S/C60H109NO26/c1-62-7-8-63-9-10-64-11-12-65-13-14-66-15-16-67-17-18-68-19-20-69-21-22-70-23-24-71-25-26-72-27-28-73-29-30-74-31-32-75-33-34-76-35-36-77-37-38-78-39-40-79-41-42-80-43-44-81-45-46-82-47-48-83-49-50-84-51-52-85-53-54-86-55-56-87-59-4-5-60-58(57-59)3-2-6-61-60/h2-6,57H,7-56H2,1H3. The van der Waals surface area contributed by atoms with E-state index in [0.717, 1.165) is 16.7 Å². The van der Waals surface area contributed by atoms with Crippen LogP contribution in [-0.2, 0) is 118 Å². The van der Waals surface area contributed by atoms with Crippen molar-refractivity contribution in [3.05, 3.63) is 36.5 Å². The van der Waals surface area contributed by atoms with E-state index in [1.165, 1.54) is 0 Å². The average molecular weight is 1260 g/mol. The zero-order valence-corrected chi connectivity index (χ0v) is 52.4. The van der Waals surface area contributed by atoms with Crippen LogP contribution in [0.1, 0.15) is 0 Å². The molecule has 0 spiro atoms. The Labute approximate surface area is 517 Å². The Morgan fingerprint density at radius 2 is 0.402 bits per heavy atom. The minimum atomic E-state index is 0.468. The number of ether oxygens (including phenoxy) is 26. The number of pyridine rings is 1. The van der Waals surface area contributed by atoms with Crippen LogP contribution in [0.5, 0.6) is 5.75 Å². The molecule has 0 fully saturated rings. The van der Waals surface area contributed by atoms with Crippen LogP contribution in [-0.4, -0.2) is 342 Å². The molecule has 0 unspecified atom stereocenters. The molecule has 0 aliphatic heterocycles. The lowest BCUT2D eigenvalue weighted by Crippen LogP contribution is -2.16. The topological polar surface area (TPSA) is 253 Å². The molecule has 0 radical (unpaired) electrons. The molecular formula is C60H109NO26. The number of hydrogen-bond donors (Lipinski definition) is 0. The van der Waals surface area contributed by atoms with Crippen molar-refractivity contribution in [2.75, 3.05) is 337 Å². The molecule has 0 N–H and O–H groups in total. The molecule has 27 heteroatoms. The molecule has 87 heavy (non-hydrogen) atoms. The third-order valence-electron chi connectivity index (χ3n) is 11.1. The van der Waals surface area contributed by atoms with Gasteiger partial charge in [-0.1, -0.05) is 6.07 Å². The Morgan fingerprint density at radius 3 is 0.598 bits per heavy atom. The van der Waals surface area contributed by atoms with Crippen LogP contribution >= 0.6 is 0 Å². The largest absolute Gasteiger partial charge is 0.491 e. The van der Waals surface area contributed by atoms with Crippen molar-refractivity contribution in [2.24, 2.45) is 0 Å². The van der Waals surface area contributed by atoms with Crippen LogP contribution in [0, 0.1) is 0 Å². The highest BCUT2D eigenvalue weighted by atomic mass is 16.6. The van der Waals surface area contributed by atoms with Crippen LogP contribution in [0.15, 0.2) is 36.5 Å². The van der Waals surface area contributed by atoms with Crippen LogP contribution in [0.4, 0.5) is 0 Å². The first-order valence-corrected chi connectivity index (χ1v) is 30.7. The minimum absolute atomic E-state index is 0.468. The third-order valence-corrected chi connectivity index (χ3v) is 11.1. The van der Waals surface area contributed by atoms with E-state index in [9.17, 15) is 0 Å². The first-order valence-electron chi connectivity index (χ1n) is 30.7. The van der Waals surface area contributed by atoms with Gasteiger partial charge in [-0.25, -0.2) is 0 Å². The predicted molar refractivity (Wildman–Crippen MR) is 319 cm³/mol. The van der Waals surface area contributed by atoms with Crippen LogP contribution < -0.4 is 4.74 Å². The Balaban J connectivity index is 1.09. The molecule has 2 rings (SSSR count). The quantitative estimate of drug-likeness (QED) is 0.0863. The van der Waals surface area contributed by atoms with Crippen molar-refractivity contribution in [1.82, 2.24) is 4.98 Å². The van der Waals surface area contributed by atoms with E-state index < -0.39 is 0 Å². The van der Waals surface area contributed by atoms with E-state index in [0.29, 0.717) is 330 Å². The lowest BCUT2D eigenvalue weighted by molar-refractivity contribution is -0.0320. The second-order valence-electron chi connectivity index (χ2n) is 17.9. The van der Waals surface area contributed by atoms with Crippen molar-refractivity contribution in [3.8, 4) is 5.75 Å². The molecule has 0 aliphatic rings. The lowest BCUT2D eigenvalue weighted by atomic mass is 10.2. The molecule has 0 bridgehead atoms. The summed E-state index contributed by atoms with van der Waals surface area (Å²) in [5.41, 5.74) is 0.943. The summed E-state index contributed by atoms with van der Waals surface area (Å²) in [5.74, 6) is 0.799. The summed E-state index contributed by atoms with van der Waals surface area (Å²) in [4.78, 5) is 4.31. The van der Waals surface area contributed by atoms with Crippen LogP contribution in [0.25, 0.3) is 10.9 Å². The van der Waals surface area contributed by atoms with E-state index in [-0.39, 0.29) is 0 Å². The van der Waals surface area contributed by atoms with Gasteiger partial charge in [0.05, 0.1) is 329 Å². The smallest absolute Gasteiger partial charge is 0.120 e. The van der Waals surface area contributed by atoms with Crippen LogP contribution in [0.3, 0.4) is 0 Å². The number of aromatic nitrogens is 1. The third kappa shape index (κ3) is 62.0. The Bertz CT molecular complexity index is 1620. The fourth-order valence-corrected chi connectivity index (χ4v) is 6.66. The van der Waals surface area contributed by atoms with Crippen molar-refractivity contribution in [2.45, 2.75) is 0 Å². The number of hydrogen-bond acceptors (Lipinski definition) is 27. The van der Waals surface area contributed by atoms with Gasteiger partial charge >= 0.3 is 0 Å². The molecule has 0 amide bonds. The summed E-state index contributed by atoms with van der Waals surface area (Å²) in [5, 5.41) is 1.05. The number of nitrogens with zero attached hydrogens (tertiary/aromatic N) is 1. The Kier molecular flexibility index (Phi) is 65.6. The second-order valence-corrected chi connectivity index (χ2v) is 17.9. The second kappa shape index (κ2) is 70.9. The summed E-state index contributed by atoms with van der Waals surface area (Å²) in [7, 11) is 1.64. The van der Waals surface area contributed by atoms with Gasteiger partial charge in [0.15, 0.2) is 0 Å². The van der Waals surface area contributed by atoms with Crippen molar-refractivity contribution in [3.63, 3.8) is 0 Å². The van der Waals surface area contributed by atoms with Crippen molar-refractivity contribution in [1.29, 1.82) is 0 Å². The normalized spacial score (nSPS) is 11.7. The molecule has 0 atom stereocenters. The van der Waals surface area contributed by atoms with Crippen LogP contribution in [0.2, 0.25) is 0 Å². The summed E-state index contributed by atoms with van der Waals surface area (Å²) in [6, 6.07) is 9.75. The van der Waals surface area contributed by atoms with Gasteiger partial charge in [-0.3, -0.25) is 4.98 Å². The lowest BCUT2D eigenvalue weighted by Gasteiger charge is -2.09. The van der Waals surface area contributed by atoms with Gasteiger partial charge in [0.1, 0.15) is 12.4 Å². The van der Waals surface area contributed by atoms with Gasteiger partial charge in [0.2, 0.25) is 0 Å². The van der Waals surface area contributed by atoms with E-state index >= 15 is 0 Å². The molecular weight excluding hydrogens is 1150 g/mol. The minimum Gasteiger partial charge on any atom is -0.491 e. The predicted octanol–water partition coefficient (Wildman–Crippen LogP) is 2.66. The highest BCUT2D eigenvalue weighted by molar-refractivity contribution is 5.79. The number of rotatable bonds is 76. The van der Waals surface area contributed by atoms with Crippen molar-refractivity contribution >= 4 is 10.9 Å². The molecule has 1 heterocycles. The maximum absolute atomic E-state index is 5.75. The zero-order chi connectivity index (χ0) is 61.4. The molecule has 0 saturated heterocycles. The van der Waals surface area contributed by atoms with Gasteiger partial charge in [-0.05, 0) is 24.3 Å². The molecule has 1 aromatic heterocycles. The molecule has 2 aromatic rings. The number of benzene rings is 1. The van der Waals surface area contributed by atoms with Crippen molar-refractivity contribution < 1.29 is 123 Å². The zero-order valence-electron chi connectivity index (χ0n) is 52.4.